The Labute approximate surface area is 286 Å². The predicted octanol–water partition coefficient (Wildman–Crippen LogP) is 6.59. The summed E-state index contributed by atoms with van der Waals surface area (Å²) in [4.78, 5) is 45.0. The first-order chi connectivity index (χ1) is 22.8. The molecular formula is C33H35N5O6S3. The maximum Gasteiger partial charge on any atom is 0.272 e. The molecule has 0 aliphatic heterocycles. The number of methoxy groups -OCH3 is 3. The summed E-state index contributed by atoms with van der Waals surface area (Å²) in [7, 11) is 4.48. The van der Waals surface area contributed by atoms with E-state index in [0.29, 0.717) is 50.8 Å². The first-order valence-electron chi connectivity index (χ1n) is 14.5. The molecule has 0 radical (unpaired) electrons. The number of ether oxygens (including phenoxy) is 3. The van der Waals surface area contributed by atoms with E-state index in [9.17, 15) is 14.4 Å². The number of aromatic nitrogens is 2. The molecule has 0 saturated carbocycles. The van der Waals surface area contributed by atoms with Gasteiger partial charge in [-0.25, -0.2) is 0 Å². The van der Waals surface area contributed by atoms with E-state index in [0.717, 1.165) is 22.2 Å². The lowest BCUT2D eigenvalue weighted by molar-refractivity contribution is -0.116. The van der Waals surface area contributed by atoms with Crippen molar-refractivity contribution in [2.24, 2.45) is 0 Å². The lowest BCUT2D eigenvalue weighted by Gasteiger charge is -2.16. The Bertz CT molecular complexity index is 1710. The number of nitrogens with one attached hydrogen (secondary N) is 3. The second-order valence-electron chi connectivity index (χ2n) is 9.64. The zero-order valence-corrected chi connectivity index (χ0v) is 28.9. The van der Waals surface area contributed by atoms with Crippen LogP contribution < -0.4 is 30.2 Å². The summed E-state index contributed by atoms with van der Waals surface area (Å²) in [5, 5.41) is 9.15. The number of benzene rings is 3. The highest BCUT2D eigenvalue weighted by atomic mass is 32.2. The Balaban J connectivity index is 1.56. The highest BCUT2D eigenvalue weighted by Gasteiger charge is 2.21. The minimum atomic E-state index is -0.563. The summed E-state index contributed by atoms with van der Waals surface area (Å²) in [6.07, 6.45) is 2.09. The van der Waals surface area contributed by atoms with Gasteiger partial charge in [0.15, 0.2) is 11.5 Å². The van der Waals surface area contributed by atoms with E-state index in [2.05, 4.69) is 25.3 Å². The number of carbonyl (C=O) groups excluding carboxylic acids is 3. The lowest BCUT2D eigenvalue weighted by Crippen LogP contribution is -2.30. The van der Waals surface area contributed by atoms with Gasteiger partial charge < -0.3 is 24.8 Å². The average molecular weight is 694 g/mol. The zero-order valence-electron chi connectivity index (χ0n) is 26.5. The molecule has 1 unspecified atom stereocenters. The molecule has 47 heavy (non-hydrogen) atoms. The fourth-order valence-electron chi connectivity index (χ4n) is 4.26. The molecule has 11 nitrogen and oxygen atoms in total. The van der Waals surface area contributed by atoms with Gasteiger partial charge in [0.1, 0.15) is 5.70 Å². The number of thioether (sulfide) groups is 2. The molecule has 3 aromatic carbocycles. The molecule has 0 spiro atoms. The highest BCUT2D eigenvalue weighted by Crippen LogP contribution is 2.39. The van der Waals surface area contributed by atoms with Crippen molar-refractivity contribution < 1.29 is 28.6 Å². The summed E-state index contributed by atoms with van der Waals surface area (Å²) in [6.45, 7) is 3.94. The molecule has 1 aromatic heterocycles. The largest absolute Gasteiger partial charge is 0.493 e. The maximum absolute atomic E-state index is 13.7. The molecule has 0 aliphatic rings. The summed E-state index contributed by atoms with van der Waals surface area (Å²) >= 11 is 4.02. The van der Waals surface area contributed by atoms with Crippen molar-refractivity contribution in [1.29, 1.82) is 0 Å². The van der Waals surface area contributed by atoms with Gasteiger partial charge in [0.25, 0.3) is 11.8 Å². The van der Waals surface area contributed by atoms with E-state index in [1.54, 1.807) is 60.7 Å². The van der Waals surface area contributed by atoms with Crippen molar-refractivity contribution in [2.45, 2.75) is 35.6 Å². The molecule has 14 heteroatoms. The Morgan fingerprint density at radius 2 is 1.64 bits per heavy atom. The van der Waals surface area contributed by atoms with Crippen LogP contribution in [-0.4, -0.2) is 59.4 Å². The average Bonchev–Trinajstić information content (AvgIpc) is 3.53. The van der Waals surface area contributed by atoms with Crippen LogP contribution in [0.4, 0.5) is 10.8 Å². The lowest BCUT2D eigenvalue weighted by atomic mass is 10.1. The standard InChI is InChI=1S/C33H35N5O6S3/c1-6-27(31(41)36-32-37-33(38-47-32)45-7-2)46-23-15-11-14-22(19-23)34-30(40)24(35-29(39)21-12-9-8-10-13-21)16-20-17-25(42-3)28(44-5)26(18-20)43-4/h8-19,27H,6-7H2,1-5H3,(H,34,40)(H,35,39)(H,36,37,38,41)/b24-16+. The zero-order chi connectivity index (χ0) is 33.8. The third-order valence-electron chi connectivity index (χ3n) is 6.47. The molecule has 246 valence electrons. The number of amides is 3. The van der Waals surface area contributed by atoms with Crippen molar-refractivity contribution in [1.82, 2.24) is 14.7 Å². The SMILES string of the molecule is CCSc1nsc(NC(=O)C(CC)Sc2cccc(NC(=O)/C(=C\c3cc(OC)c(OC)c(OC)c3)NC(=O)c3ccccc3)c2)n1. The van der Waals surface area contributed by atoms with E-state index >= 15 is 0 Å². The van der Waals surface area contributed by atoms with Crippen LogP contribution in [0.15, 0.2) is 82.5 Å². The summed E-state index contributed by atoms with van der Waals surface area (Å²) in [5.74, 6) is 0.796. The van der Waals surface area contributed by atoms with Crippen LogP contribution in [-0.2, 0) is 9.59 Å². The first kappa shape index (κ1) is 35.3. The maximum atomic E-state index is 13.7. The summed E-state index contributed by atoms with van der Waals surface area (Å²) in [5.41, 5.74) is 1.36. The van der Waals surface area contributed by atoms with Crippen molar-refractivity contribution in [3.05, 3.63) is 83.6 Å². The fourth-order valence-corrected chi connectivity index (χ4v) is 6.55. The van der Waals surface area contributed by atoms with Gasteiger partial charge in [-0.1, -0.05) is 49.9 Å². The smallest absolute Gasteiger partial charge is 0.272 e. The van der Waals surface area contributed by atoms with Crippen LogP contribution in [0.3, 0.4) is 0 Å². The normalized spacial score (nSPS) is 11.7. The van der Waals surface area contributed by atoms with Crippen LogP contribution in [0, 0.1) is 0 Å². The molecule has 0 fully saturated rings. The van der Waals surface area contributed by atoms with Gasteiger partial charge in [-0.05, 0) is 66.3 Å². The molecule has 1 atom stereocenters. The topological polar surface area (TPSA) is 141 Å². The van der Waals surface area contributed by atoms with Crippen LogP contribution >= 0.6 is 35.1 Å². The van der Waals surface area contributed by atoms with E-state index < -0.39 is 17.1 Å². The van der Waals surface area contributed by atoms with Gasteiger partial charge in [0, 0.05) is 27.7 Å². The van der Waals surface area contributed by atoms with Gasteiger partial charge in [0.05, 0.1) is 26.6 Å². The number of nitrogens with zero attached hydrogens (tertiary/aromatic N) is 2. The second-order valence-corrected chi connectivity index (χ2v) is 12.9. The number of hydrogen-bond donors (Lipinski definition) is 3. The van der Waals surface area contributed by atoms with E-state index in [1.165, 1.54) is 50.9 Å². The number of anilines is 2. The van der Waals surface area contributed by atoms with Gasteiger partial charge in [-0.3, -0.25) is 19.7 Å². The summed E-state index contributed by atoms with van der Waals surface area (Å²) in [6, 6.07) is 19.1. The van der Waals surface area contributed by atoms with E-state index in [4.69, 9.17) is 14.2 Å². The third-order valence-corrected chi connectivity index (χ3v) is 9.30. The van der Waals surface area contributed by atoms with Crippen molar-refractivity contribution in [3.8, 4) is 17.2 Å². The van der Waals surface area contributed by atoms with Crippen LogP contribution in [0.1, 0.15) is 36.2 Å². The predicted molar refractivity (Wildman–Crippen MR) is 188 cm³/mol. The molecule has 3 amide bonds. The highest BCUT2D eigenvalue weighted by molar-refractivity contribution is 8.00. The third kappa shape index (κ3) is 9.73. The quantitative estimate of drug-likeness (QED) is 0.0922. The number of carbonyl (C=O) groups is 3. The van der Waals surface area contributed by atoms with Crippen LogP contribution in [0.5, 0.6) is 17.2 Å². The molecule has 4 rings (SSSR count). The van der Waals surface area contributed by atoms with Gasteiger partial charge in [-0.2, -0.15) is 9.36 Å². The number of rotatable bonds is 15. The molecule has 0 saturated heterocycles. The van der Waals surface area contributed by atoms with Crippen LogP contribution in [0.25, 0.3) is 6.08 Å². The van der Waals surface area contributed by atoms with E-state index in [1.807, 2.05) is 19.9 Å². The van der Waals surface area contributed by atoms with Crippen molar-refractivity contribution in [3.63, 3.8) is 0 Å². The molecule has 0 aliphatic carbocycles. The summed E-state index contributed by atoms with van der Waals surface area (Å²) < 4.78 is 20.6. The molecular weight excluding hydrogens is 659 g/mol. The minimum Gasteiger partial charge on any atom is -0.493 e. The Hall–Kier alpha value is -4.53. The second kappa shape index (κ2) is 17.4. The molecule has 3 N–H and O–H groups in total. The monoisotopic (exact) mass is 693 g/mol. The minimum absolute atomic E-state index is 0.0188. The Kier molecular flexibility index (Phi) is 13.1. The van der Waals surface area contributed by atoms with Gasteiger partial charge >= 0.3 is 0 Å². The van der Waals surface area contributed by atoms with Gasteiger partial charge in [0.2, 0.25) is 21.9 Å². The fraction of sp³-hybridized carbons (Fsp3) is 0.242. The van der Waals surface area contributed by atoms with Gasteiger partial charge in [-0.15, -0.1) is 11.8 Å². The molecule has 0 bridgehead atoms. The Morgan fingerprint density at radius 1 is 0.915 bits per heavy atom. The van der Waals surface area contributed by atoms with E-state index in [-0.39, 0.29) is 11.6 Å². The Morgan fingerprint density at radius 3 is 2.28 bits per heavy atom. The molecule has 4 aromatic rings. The van der Waals surface area contributed by atoms with Crippen LogP contribution in [0.2, 0.25) is 0 Å². The number of hydrogen-bond acceptors (Lipinski definition) is 11. The first-order valence-corrected chi connectivity index (χ1v) is 17.2. The molecule has 1 heterocycles. The van der Waals surface area contributed by atoms with Crippen molar-refractivity contribution >= 4 is 69.7 Å². The van der Waals surface area contributed by atoms with Crippen molar-refractivity contribution in [2.75, 3.05) is 37.7 Å².